The van der Waals surface area contributed by atoms with Crippen LogP contribution in [0.5, 0.6) is 0 Å². The number of rotatable bonds is 0. The molecule has 1 saturated carbocycles. The van der Waals surface area contributed by atoms with Crippen LogP contribution < -0.4 is 0 Å². The maximum atomic E-state index is 6.19. The number of alkyl halides is 2. The largest absolute Gasteiger partial charge is 0.151 e. The monoisotopic (exact) mass is 194 g/mol. The van der Waals surface area contributed by atoms with Gasteiger partial charge in [0.1, 0.15) is 0 Å². The van der Waals surface area contributed by atoms with Crippen molar-refractivity contribution in [1.29, 1.82) is 0 Å². The zero-order chi connectivity index (χ0) is 6.88. The Hall–Kier alpha value is 0.930. The van der Waals surface area contributed by atoms with E-state index in [2.05, 4.69) is 0 Å². The average Bonchev–Trinajstić information content (AvgIpc) is 2.16. The van der Waals surface area contributed by atoms with Crippen LogP contribution in [0.25, 0.3) is 0 Å². The van der Waals surface area contributed by atoms with Gasteiger partial charge in [-0.3, -0.25) is 0 Å². The molecule has 0 amide bonds. The van der Waals surface area contributed by atoms with Crippen molar-refractivity contribution in [3.63, 3.8) is 0 Å². The van der Waals surface area contributed by atoms with Crippen molar-refractivity contribution in [2.45, 2.75) is 27.7 Å². The molecule has 2 heterocycles. The van der Waals surface area contributed by atoms with Gasteiger partial charge in [-0.25, -0.2) is 0 Å². The Labute approximate surface area is 74.6 Å². The van der Waals surface area contributed by atoms with Crippen molar-refractivity contribution in [1.82, 2.24) is 0 Å². The van der Waals surface area contributed by atoms with E-state index in [-0.39, 0.29) is 0 Å². The van der Waals surface area contributed by atoms with Crippen LogP contribution in [0.4, 0.5) is 0 Å². The minimum Gasteiger partial charge on any atom is -0.151 e. The van der Waals surface area contributed by atoms with Crippen molar-refractivity contribution in [2.75, 3.05) is 0 Å². The molecule has 56 valence electrons. The molecule has 4 unspecified atom stereocenters. The fourth-order valence-electron chi connectivity index (χ4n) is 2.52. The first-order valence-electron chi connectivity index (χ1n) is 3.72. The van der Waals surface area contributed by atoms with Crippen LogP contribution in [0.3, 0.4) is 0 Å². The molecule has 3 fully saturated rings. The lowest BCUT2D eigenvalue weighted by atomic mass is 9.65. The summed E-state index contributed by atoms with van der Waals surface area (Å²) in [6.45, 7) is 0. The van der Waals surface area contributed by atoms with Gasteiger partial charge in [0.25, 0.3) is 0 Å². The van der Waals surface area contributed by atoms with Gasteiger partial charge < -0.3 is 0 Å². The lowest BCUT2D eigenvalue weighted by molar-refractivity contribution is 0.169. The van der Waals surface area contributed by atoms with Gasteiger partial charge in [-0.15, -0.1) is 23.2 Å². The molecule has 0 nitrogen and oxygen atoms in total. The predicted molar refractivity (Wildman–Crippen MR) is 46.0 cm³/mol. The highest BCUT2D eigenvalue weighted by molar-refractivity contribution is 8.01. The van der Waals surface area contributed by atoms with Crippen LogP contribution in [0.1, 0.15) is 6.42 Å². The second kappa shape index (κ2) is 1.81. The van der Waals surface area contributed by atoms with E-state index < -0.39 is 0 Å². The summed E-state index contributed by atoms with van der Waals surface area (Å²) in [7, 11) is 0. The van der Waals surface area contributed by atoms with E-state index in [0.717, 1.165) is 17.1 Å². The van der Waals surface area contributed by atoms with Crippen molar-refractivity contribution < 1.29 is 0 Å². The molecule has 0 radical (unpaired) electrons. The standard InChI is InChI=1S/C7H8Cl2S/c8-4-2-1-3-5(9)7(4)10-6(2)3/h2-7H,1H2. The summed E-state index contributed by atoms with van der Waals surface area (Å²) in [5.74, 6) is 1.63. The van der Waals surface area contributed by atoms with Crippen molar-refractivity contribution >= 4 is 35.0 Å². The minimum atomic E-state index is 0.391. The van der Waals surface area contributed by atoms with Gasteiger partial charge >= 0.3 is 0 Å². The average molecular weight is 195 g/mol. The van der Waals surface area contributed by atoms with E-state index in [1.54, 1.807) is 0 Å². The Bertz CT molecular complexity index is 164. The molecule has 1 aliphatic carbocycles. The fraction of sp³-hybridized carbons (Fsp3) is 1.00. The number of halogens is 2. The molecule has 0 aromatic carbocycles. The first-order valence-corrected chi connectivity index (χ1v) is 5.54. The van der Waals surface area contributed by atoms with Crippen molar-refractivity contribution in [2.24, 2.45) is 11.8 Å². The quantitative estimate of drug-likeness (QED) is 0.534. The van der Waals surface area contributed by atoms with E-state index in [9.17, 15) is 0 Å². The Balaban J connectivity index is 2.00. The minimum absolute atomic E-state index is 0.391. The Morgan fingerprint density at radius 2 is 1.60 bits per heavy atom. The van der Waals surface area contributed by atoms with Gasteiger partial charge in [0.15, 0.2) is 0 Å². The molecule has 2 saturated heterocycles. The maximum absolute atomic E-state index is 6.19. The van der Waals surface area contributed by atoms with Crippen LogP contribution >= 0.6 is 35.0 Å². The number of thioether (sulfide) groups is 1. The summed E-state index contributed by atoms with van der Waals surface area (Å²) in [5, 5.41) is 2.21. The molecular weight excluding hydrogens is 187 g/mol. The summed E-state index contributed by atoms with van der Waals surface area (Å²) < 4.78 is 0. The second-order valence-corrected chi connectivity index (χ2v) is 5.89. The van der Waals surface area contributed by atoms with Gasteiger partial charge in [0.05, 0.1) is 10.8 Å². The summed E-state index contributed by atoms with van der Waals surface area (Å²) in [6.07, 6.45) is 1.30. The third-order valence-electron chi connectivity index (χ3n) is 3.15. The highest BCUT2D eigenvalue weighted by Gasteiger charge is 2.64. The third kappa shape index (κ3) is 0.518. The molecule has 0 spiro atoms. The Kier molecular flexibility index (Phi) is 1.17. The smallest absolute Gasteiger partial charge is 0.0508 e. The van der Waals surface area contributed by atoms with Crippen LogP contribution in [0, 0.1) is 11.8 Å². The van der Waals surface area contributed by atoms with Crippen LogP contribution in [0.15, 0.2) is 0 Å². The van der Waals surface area contributed by atoms with Crippen LogP contribution in [0.2, 0.25) is 0 Å². The maximum Gasteiger partial charge on any atom is 0.0508 e. The first kappa shape index (κ1) is 6.45. The summed E-state index contributed by atoms with van der Waals surface area (Å²) in [4.78, 5) is 0. The van der Waals surface area contributed by atoms with Gasteiger partial charge in [0, 0.05) is 10.5 Å². The predicted octanol–water partition coefficient (Wildman–Crippen LogP) is 2.33. The summed E-state index contributed by atoms with van der Waals surface area (Å²) in [6, 6.07) is 0. The Morgan fingerprint density at radius 1 is 1.00 bits per heavy atom. The fourth-order valence-corrected chi connectivity index (χ4v) is 5.99. The van der Waals surface area contributed by atoms with Crippen LogP contribution in [-0.2, 0) is 0 Å². The van der Waals surface area contributed by atoms with Gasteiger partial charge in [-0.1, -0.05) is 0 Å². The van der Waals surface area contributed by atoms with Gasteiger partial charge in [-0.05, 0) is 18.3 Å². The summed E-state index contributed by atoms with van der Waals surface area (Å²) in [5.41, 5.74) is 0. The zero-order valence-electron chi connectivity index (χ0n) is 5.34. The second-order valence-electron chi connectivity index (χ2n) is 3.52. The van der Waals surface area contributed by atoms with E-state index in [1.807, 2.05) is 11.8 Å². The SMILES string of the molecule is ClC1C2CC3C(Cl)C1SC23. The highest BCUT2D eigenvalue weighted by atomic mass is 35.5. The zero-order valence-corrected chi connectivity index (χ0v) is 7.66. The van der Waals surface area contributed by atoms with Gasteiger partial charge in [-0.2, -0.15) is 11.8 Å². The molecule has 3 aliphatic rings. The number of hydrogen-bond donors (Lipinski definition) is 0. The molecule has 0 aromatic rings. The van der Waals surface area contributed by atoms with E-state index in [4.69, 9.17) is 23.2 Å². The highest BCUT2D eigenvalue weighted by Crippen LogP contribution is 2.66. The first-order chi connectivity index (χ1) is 4.79. The van der Waals surface area contributed by atoms with Crippen molar-refractivity contribution in [3.8, 4) is 0 Å². The summed E-state index contributed by atoms with van der Waals surface area (Å²) >= 11 is 14.4. The van der Waals surface area contributed by atoms with Gasteiger partial charge in [0.2, 0.25) is 0 Å². The lowest BCUT2D eigenvalue weighted by Crippen LogP contribution is -2.51. The Morgan fingerprint density at radius 3 is 1.90 bits per heavy atom. The molecule has 0 aromatic heterocycles. The van der Waals surface area contributed by atoms with Crippen LogP contribution in [-0.4, -0.2) is 21.3 Å². The number of fused-ring (bicyclic) bond motifs is 1. The molecular formula is C7H8Cl2S. The topological polar surface area (TPSA) is 0 Å². The molecule has 3 rings (SSSR count). The molecule has 0 N–H and O–H groups in total. The molecule has 10 heavy (non-hydrogen) atoms. The van der Waals surface area contributed by atoms with E-state index in [1.165, 1.54) is 6.42 Å². The lowest BCUT2D eigenvalue weighted by Gasteiger charge is -2.45. The molecule has 3 heteroatoms. The third-order valence-corrected chi connectivity index (χ3v) is 6.55. The van der Waals surface area contributed by atoms with Crippen molar-refractivity contribution in [3.05, 3.63) is 0 Å². The molecule has 2 bridgehead atoms. The molecule has 2 aliphatic heterocycles. The molecule has 4 atom stereocenters. The van der Waals surface area contributed by atoms with E-state index >= 15 is 0 Å². The van der Waals surface area contributed by atoms with E-state index in [0.29, 0.717) is 16.0 Å². The number of hydrogen-bond acceptors (Lipinski definition) is 1. The normalized spacial score (nSPS) is 70.2.